The molecule has 2 heterocycles. The maximum atomic E-state index is 12.3. The number of hydrogen-bond acceptors (Lipinski definition) is 4. The molecule has 4 N–H and O–H groups in total. The molecule has 2 unspecified atom stereocenters. The van der Waals surface area contributed by atoms with Crippen LogP contribution in [-0.2, 0) is 14.4 Å². The van der Waals surface area contributed by atoms with Gasteiger partial charge in [0.05, 0.1) is 6.04 Å². The average Bonchev–Trinajstić information content (AvgIpc) is 2.59. The number of nitrogens with two attached hydrogens (primary N) is 1. The molecular weight excluding hydrogens is 334 g/mol. The zero-order valence-corrected chi connectivity index (χ0v) is 13.4. The van der Waals surface area contributed by atoms with E-state index >= 15 is 0 Å². The van der Waals surface area contributed by atoms with Crippen molar-refractivity contribution in [3.63, 3.8) is 0 Å². The predicted molar refractivity (Wildman–Crippen MR) is 85.7 cm³/mol. The highest BCUT2D eigenvalue weighted by Gasteiger charge is 2.53. The molecule has 0 radical (unpaired) electrons. The fraction of sp³-hybridized carbons (Fsp3) is 0.312. The van der Waals surface area contributed by atoms with E-state index in [0.717, 1.165) is 4.90 Å². The van der Waals surface area contributed by atoms with E-state index in [1.54, 1.807) is 24.3 Å². The van der Waals surface area contributed by atoms with Gasteiger partial charge in [-0.1, -0.05) is 41.9 Å². The summed E-state index contributed by atoms with van der Waals surface area (Å²) in [6, 6.07) is 6.74. The van der Waals surface area contributed by atoms with Crippen LogP contribution in [0.4, 0.5) is 0 Å². The number of β-lactam (4-membered cyclic amide) rings is 1. The minimum absolute atomic E-state index is 0.151. The normalized spacial score (nSPS) is 24.1. The maximum absolute atomic E-state index is 12.3. The Balaban J connectivity index is 1.71. The third kappa shape index (κ3) is 2.65. The molecule has 0 saturated carbocycles. The minimum Gasteiger partial charge on any atom is -0.477 e. The summed E-state index contributed by atoms with van der Waals surface area (Å²) in [5.74, 6) is -2.20. The number of nitrogens with zero attached hydrogens (tertiary/aromatic N) is 1. The van der Waals surface area contributed by atoms with Crippen molar-refractivity contribution in [1.82, 2.24) is 10.2 Å². The number of hydrogen-bond donors (Lipinski definition) is 3. The van der Waals surface area contributed by atoms with Gasteiger partial charge in [-0.3, -0.25) is 14.5 Å². The molecule has 2 aliphatic heterocycles. The molecule has 1 fully saturated rings. The van der Waals surface area contributed by atoms with Crippen LogP contribution in [0.25, 0.3) is 0 Å². The second kappa shape index (κ2) is 6.26. The number of carboxylic acids is 1. The van der Waals surface area contributed by atoms with Gasteiger partial charge in [-0.2, -0.15) is 0 Å². The van der Waals surface area contributed by atoms with Crippen molar-refractivity contribution in [3.8, 4) is 0 Å². The van der Waals surface area contributed by atoms with Crippen molar-refractivity contribution in [1.29, 1.82) is 0 Å². The molecule has 0 aliphatic carbocycles. The van der Waals surface area contributed by atoms with Gasteiger partial charge in [0.15, 0.2) is 0 Å². The van der Waals surface area contributed by atoms with Gasteiger partial charge < -0.3 is 16.2 Å². The largest absolute Gasteiger partial charge is 0.477 e. The Bertz CT molecular complexity index is 734. The van der Waals surface area contributed by atoms with E-state index in [-0.39, 0.29) is 10.7 Å². The number of nitrogens with one attached hydrogen (secondary N) is 1. The van der Waals surface area contributed by atoms with E-state index in [1.807, 2.05) is 6.07 Å². The Kier molecular flexibility index (Phi) is 4.29. The molecule has 2 aliphatic rings. The van der Waals surface area contributed by atoms with E-state index in [9.17, 15) is 19.5 Å². The van der Waals surface area contributed by atoms with Crippen LogP contribution >= 0.6 is 11.6 Å². The summed E-state index contributed by atoms with van der Waals surface area (Å²) in [5, 5.41) is 12.0. The van der Waals surface area contributed by atoms with Crippen LogP contribution in [0.2, 0.25) is 0 Å². The molecule has 8 heteroatoms. The van der Waals surface area contributed by atoms with E-state index in [1.165, 1.54) is 0 Å². The van der Waals surface area contributed by atoms with Crippen LogP contribution in [0.3, 0.4) is 0 Å². The number of carboxylic acid groups (broad SMARTS) is 1. The van der Waals surface area contributed by atoms with Crippen LogP contribution in [0.15, 0.2) is 41.1 Å². The Morgan fingerprint density at radius 1 is 1.33 bits per heavy atom. The van der Waals surface area contributed by atoms with Crippen molar-refractivity contribution in [2.45, 2.75) is 31.0 Å². The van der Waals surface area contributed by atoms with Gasteiger partial charge in [0.2, 0.25) is 5.91 Å². The lowest BCUT2D eigenvalue weighted by molar-refractivity contribution is -0.156. The molecule has 0 bridgehead atoms. The Morgan fingerprint density at radius 3 is 2.62 bits per heavy atom. The highest BCUT2D eigenvalue weighted by molar-refractivity contribution is 6.32. The second-order valence-electron chi connectivity index (χ2n) is 5.75. The lowest BCUT2D eigenvalue weighted by Crippen LogP contribution is -2.72. The minimum atomic E-state index is -1.25. The maximum Gasteiger partial charge on any atom is 0.353 e. The van der Waals surface area contributed by atoms with Crippen molar-refractivity contribution >= 4 is 29.4 Å². The summed E-state index contributed by atoms with van der Waals surface area (Å²) in [5.41, 5.74) is 6.35. The number of halogens is 1. The molecule has 7 nitrogen and oxygen atoms in total. The summed E-state index contributed by atoms with van der Waals surface area (Å²) in [6.07, 6.45) is 0.849. The van der Waals surface area contributed by atoms with Crippen molar-refractivity contribution < 1.29 is 19.5 Å². The number of benzene rings is 1. The molecule has 1 saturated heterocycles. The van der Waals surface area contributed by atoms with Crippen molar-refractivity contribution in [2.75, 3.05) is 0 Å². The highest BCUT2D eigenvalue weighted by atomic mass is 35.5. The number of carbonyl (C=O) groups is 3. The lowest BCUT2D eigenvalue weighted by Gasteiger charge is -2.49. The number of carbonyl (C=O) groups excluding carboxylic acids is 2. The molecule has 0 aromatic heterocycles. The van der Waals surface area contributed by atoms with Crippen molar-refractivity contribution in [2.24, 2.45) is 5.73 Å². The van der Waals surface area contributed by atoms with Crippen LogP contribution in [0, 0.1) is 0 Å². The zero-order valence-electron chi connectivity index (χ0n) is 12.6. The first-order valence-electron chi connectivity index (χ1n) is 7.47. The highest BCUT2D eigenvalue weighted by Crippen LogP contribution is 2.38. The summed E-state index contributed by atoms with van der Waals surface area (Å²) in [4.78, 5) is 37.0. The van der Waals surface area contributed by atoms with Gasteiger partial charge >= 0.3 is 5.97 Å². The quantitative estimate of drug-likeness (QED) is 0.693. The third-order valence-electron chi connectivity index (χ3n) is 4.32. The first-order valence-corrected chi connectivity index (χ1v) is 7.85. The Labute approximate surface area is 143 Å². The van der Waals surface area contributed by atoms with E-state index < -0.39 is 35.9 Å². The Morgan fingerprint density at radius 2 is 2.00 bits per heavy atom. The number of allylic oxidation sites excluding steroid dienone is 1. The van der Waals surface area contributed by atoms with Gasteiger partial charge in [0, 0.05) is 5.03 Å². The molecule has 0 spiro atoms. The number of rotatable bonds is 4. The lowest BCUT2D eigenvalue weighted by atomic mass is 9.86. The molecule has 126 valence electrons. The van der Waals surface area contributed by atoms with Gasteiger partial charge in [-0.15, -0.1) is 0 Å². The number of fused-ring (bicyclic) bond motifs is 1. The first kappa shape index (κ1) is 16.5. The summed E-state index contributed by atoms with van der Waals surface area (Å²) in [6.45, 7) is 0. The van der Waals surface area contributed by atoms with Crippen LogP contribution in [0.5, 0.6) is 0 Å². The molecule has 3 atom stereocenters. The molecular formula is C16H16ClN3O4. The summed E-state index contributed by atoms with van der Waals surface area (Å²) in [7, 11) is 0. The second-order valence-corrected chi connectivity index (χ2v) is 6.20. The fourth-order valence-electron chi connectivity index (χ4n) is 3.07. The third-order valence-corrected chi connectivity index (χ3v) is 4.69. The van der Waals surface area contributed by atoms with Crippen molar-refractivity contribution in [3.05, 3.63) is 46.6 Å². The van der Waals surface area contributed by atoms with Crippen LogP contribution in [0.1, 0.15) is 24.4 Å². The standard InChI is InChI=1S/C16H16ClN3O4/c17-9-6-7-10-12(15(22)20(10)13(9)16(23)24)19-14(21)11(18)8-4-2-1-3-5-8/h1-5,10-12H,6-7,18H2,(H,19,21)(H,23,24)/t10?,11?,12-/m0/s1. The molecule has 24 heavy (non-hydrogen) atoms. The monoisotopic (exact) mass is 349 g/mol. The van der Waals surface area contributed by atoms with E-state index in [4.69, 9.17) is 17.3 Å². The molecule has 2 amide bonds. The molecule has 1 aromatic carbocycles. The van der Waals surface area contributed by atoms with Gasteiger partial charge in [-0.05, 0) is 18.4 Å². The zero-order chi connectivity index (χ0) is 17.4. The summed E-state index contributed by atoms with van der Waals surface area (Å²) >= 11 is 5.92. The smallest absolute Gasteiger partial charge is 0.353 e. The van der Waals surface area contributed by atoms with Gasteiger partial charge in [-0.25, -0.2) is 4.79 Å². The predicted octanol–water partition coefficient (Wildman–Crippen LogP) is 0.711. The number of amides is 2. The van der Waals surface area contributed by atoms with Crippen LogP contribution in [-0.4, -0.2) is 39.9 Å². The van der Waals surface area contributed by atoms with E-state index in [0.29, 0.717) is 18.4 Å². The molecule has 3 rings (SSSR count). The fourth-order valence-corrected chi connectivity index (χ4v) is 3.35. The average molecular weight is 350 g/mol. The summed E-state index contributed by atoms with van der Waals surface area (Å²) < 4.78 is 0. The van der Waals surface area contributed by atoms with E-state index in [2.05, 4.69) is 5.32 Å². The SMILES string of the molecule is NC(C(=O)N[C@@H]1C(=O)N2C(C(=O)O)=C(Cl)CCC12)c1ccccc1. The van der Waals surface area contributed by atoms with Gasteiger partial charge in [0.1, 0.15) is 17.8 Å². The number of aliphatic carboxylic acids is 1. The topological polar surface area (TPSA) is 113 Å². The Hall–Kier alpha value is -2.38. The van der Waals surface area contributed by atoms with Gasteiger partial charge in [0.25, 0.3) is 5.91 Å². The first-order chi connectivity index (χ1) is 11.4. The van der Waals surface area contributed by atoms with Crippen LogP contribution < -0.4 is 11.1 Å². The molecule has 1 aromatic rings.